The van der Waals surface area contributed by atoms with Crippen molar-refractivity contribution < 1.29 is 4.74 Å². The Labute approximate surface area is 299 Å². The van der Waals surface area contributed by atoms with Gasteiger partial charge in [0.05, 0.1) is 17.1 Å². The molecule has 0 amide bonds. The number of rotatable bonds is 7. The van der Waals surface area contributed by atoms with Crippen molar-refractivity contribution in [2.24, 2.45) is 0 Å². The van der Waals surface area contributed by atoms with E-state index in [1.165, 1.54) is 26.4 Å². The molecule has 8 aromatic rings. The lowest BCUT2D eigenvalue weighted by atomic mass is 10.0. The average molecular weight is 672 g/mol. The summed E-state index contributed by atoms with van der Waals surface area (Å²) in [6, 6.07) is 66.4. The minimum atomic E-state index is -2.99. The maximum absolute atomic E-state index is 6.91. The van der Waals surface area contributed by atoms with Crippen molar-refractivity contribution in [3.8, 4) is 34.0 Å². The van der Waals surface area contributed by atoms with Crippen molar-refractivity contribution in [3.63, 3.8) is 0 Å². The average Bonchev–Trinajstić information content (AvgIpc) is 3.21. The number of para-hydroxylation sites is 2. The van der Waals surface area contributed by atoms with Crippen LogP contribution in [0.5, 0.6) is 11.5 Å². The summed E-state index contributed by atoms with van der Waals surface area (Å²) in [6.07, 6.45) is 3.69. The van der Waals surface area contributed by atoms with Crippen LogP contribution in [0.25, 0.3) is 22.5 Å². The van der Waals surface area contributed by atoms with Crippen LogP contribution < -0.4 is 30.4 Å². The van der Waals surface area contributed by atoms with Crippen LogP contribution in [-0.4, -0.2) is 18.0 Å². The lowest BCUT2D eigenvalue weighted by molar-refractivity contribution is 0.483. The van der Waals surface area contributed by atoms with Gasteiger partial charge in [0, 0.05) is 34.9 Å². The smallest absolute Gasteiger partial charge is 0.184 e. The molecule has 0 N–H and O–H groups in total. The Kier molecular flexibility index (Phi) is 7.80. The number of pyridine rings is 2. The third-order valence-corrected chi connectivity index (χ3v) is 14.5. The number of hydrogen-bond acceptors (Lipinski definition) is 4. The minimum absolute atomic E-state index is 0.743. The Morgan fingerprint density at radius 1 is 0.451 bits per heavy atom. The van der Waals surface area contributed by atoms with Crippen molar-refractivity contribution in [2.45, 2.75) is 0 Å². The zero-order valence-corrected chi connectivity index (χ0v) is 28.8. The quantitative estimate of drug-likeness (QED) is 0.159. The topological polar surface area (TPSA) is 38.2 Å². The second-order valence-corrected chi connectivity index (χ2v) is 16.3. The zero-order chi connectivity index (χ0) is 34.0. The van der Waals surface area contributed by atoms with Gasteiger partial charge in [0.2, 0.25) is 0 Å². The van der Waals surface area contributed by atoms with Gasteiger partial charge in [-0.15, -0.1) is 0 Å². The van der Waals surface area contributed by atoms with Crippen molar-refractivity contribution >= 4 is 45.9 Å². The Balaban J connectivity index is 1.39. The summed E-state index contributed by atoms with van der Waals surface area (Å²) in [5.74, 6) is 1.50. The normalized spacial score (nSPS) is 12.8. The molecule has 0 fully saturated rings. The van der Waals surface area contributed by atoms with E-state index < -0.39 is 8.07 Å². The fourth-order valence-electron chi connectivity index (χ4n) is 7.56. The predicted molar refractivity (Wildman–Crippen MR) is 211 cm³/mol. The number of hydrogen-bond donors (Lipinski definition) is 0. The molecule has 0 saturated heterocycles. The lowest BCUT2D eigenvalue weighted by Crippen LogP contribution is -2.77. The molecule has 4 nitrogen and oxygen atoms in total. The van der Waals surface area contributed by atoms with Crippen molar-refractivity contribution in [3.05, 3.63) is 200 Å². The molecule has 51 heavy (non-hydrogen) atoms. The van der Waals surface area contributed by atoms with Gasteiger partial charge in [-0.25, -0.2) is 0 Å². The molecule has 0 unspecified atom stereocenters. The third-order valence-electron chi connectivity index (χ3n) is 9.66. The highest BCUT2D eigenvalue weighted by atomic mass is 28.3. The molecule has 5 heteroatoms. The van der Waals surface area contributed by atoms with Crippen LogP contribution in [0.2, 0.25) is 0 Å². The third kappa shape index (κ3) is 5.32. The van der Waals surface area contributed by atoms with Gasteiger partial charge in [0.25, 0.3) is 0 Å². The molecule has 0 atom stereocenters. The van der Waals surface area contributed by atoms with Crippen LogP contribution >= 0.6 is 0 Å². The van der Waals surface area contributed by atoms with Crippen LogP contribution in [0.4, 0.5) is 17.1 Å². The van der Waals surface area contributed by atoms with E-state index in [1.54, 1.807) is 0 Å². The molecule has 0 radical (unpaired) electrons. The number of anilines is 3. The second kappa shape index (κ2) is 13.0. The molecule has 0 spiro atoms. The van der Waals surface area contributed by atoms with Crippen molar-refractivity contribution in [1.82, 2.24) is 9.97 Å². The Hall–Kier alpha value is -6.56. The van der Waals surface area contributed by atoms with E-state index in [0.29, 0.717) is 0 Å². The van der Waals surface area contributed by atoms with Gasteiger partial charge in [-0.05, 0) is 87.5 Å². The van der Waals surface area contributed by atoms with Gasteiger partial charge in [-0.2, -0.15) is 0 Å². The van der Waals surface area contributed by atoms with Crippen LogP contribution in [0, 0.1) is 0 Å². The molecule has 0 bridgehead atoms. The van der Waals surface area contributed by atoms with E-state index in [0.717, 1.165) is 45.4 Å². The Morgan fingerprint density at radius 3 is 1.73 bits per heavy atom. The molecule has 242 valence electrons. The number of ether oxygens (including phenoxy) is 1. The van der Waals surface area contributed by atoms with Crippen LogP contribution in [-0.2, 0) is 0 Å². The summed E-state index contributed by atoms with van der Waals surface area (Å²) in [4.78, 5) is 12.0. The monoisotopic (exact) mass is 671 g/mol. The molecule has 6 aromatic carbocycles. The van der Waals surface area contributed by atoms with Crippen molar-refractivity contribution in [1.29, 1.82) is 0 Å². The van der Waals surface area contributed by atoms with E-state index >= 15 is 0 Å². The maximum Gasteiger partial charge on any atom is 0.184 e. The molecule has 3 heterocycles. The predicted octanol–water partition coefficient (Wildman–Crippen LogP) is 8.76. The first-order valence-electron chi connectivity index (χ1n) is 17.2. The first-order chi connectivity index (χ1) is 25.3. The maximum atomic E-state index is 6.91. The van der Waals surface area contributed by atoms with E-state index in [1.807, 2.05) is 48.8 Å². The molecule has 1 aliphatic rings. The highest BCUT2D eigenvalue weighted by Crippen LogP contribution is 2.45. The van der Waals surface area contributed by atoms with Gasteiger partial charge in [0.15, 0.2) is 8.07 Å². The van der Waals surface area contributed by atoms with Crippen LogP contribution in [0.1, 0.15) is 0 Å². The second-order valence-electron chi connectivity index (χ2n) is 12.6. The molecule has 0 saturated carbocycles. The van der Waals surface area contributed by atoms with Gasteiger partial charge < -0.3 is 9.64 Å². The highest BCUT2D eigenvalue weighted by Gasteiger charge is 2.50. The molecule has 2 aromatic heterocycles. The largest absolute Gasteiger partial charge is 0.457 e. The summed E-state index contributed by atoms with van der Waals surface area (Å²) in [5.41, 5.74) is 7.16. The fourth-order valence-corrected chi connectivity index (χ4v) is 12.7. The molecule has 1 aliphatic heterocycles. The minimum Gasteiger partial charge on any atom is -0.457 e. The van der Waals surface area contributed by atoms with Crippen LogP contribution in [0.15, 0.2) is 200 Å². The van der Waals surface area contributed by atoms with Gasteiger partial charge in [-0.1, -0.05) is 121 Å². The molecule has 0 aliphatic carbocycles. The van der Waals surface area contributed by atoms with E-state index in [4.69, 9.17) is 9.72 Å². The summed E-state index contributed by atoms with van der Waals surface area (Å²) < 4.78 is 6.91. The lowest BCUT2D eigenvalue weighted by Gasteiger charge is -2.46. The number of aromatic nitrogens is 2. The zero-order valence-electron chi connectivity index (χ0n) is 27.8. The van der Waals surface area contributed by atoms with Gasteiger partial charge in [0.1, 0.15) is 11.5 Å². The first kappa shape index (κ1) is 30.5. The number of benzene rings is 6. The fraction of sp³-hybridized carbons (Fsp3) is 0. The summed E-state index contributed by atoms with van der Waals surface area (Å²) in [6.45, 7) is 0. The number of fused-ring (bicyclic) bond motifs is 2. The standard InChI is InChI=1S/C46H33N3OSi/c1-4-18-35(19-5-1)49-43-27-10-11-28-44(43)51(38-21-6-2-7-22-38,39-23-8-3-9-24-39)45-33-37(32-40(46(45)49)42-26-13-15-30-48-42)50-36-20-16-17-34(31-36)41-25-12-14-29-47-41/h1-33H. The van der Waals surface area contributed by atoms with Gasteiger partial charge >= 0.3 is 0 Å². The van der Waals surface area contributed by atoms with E-state index in [2.05, 4.69) is 162 Å². The van der Waals surface area contributed by atoms with E-state index in [-0.39, 0.29) is 0 Å². The molecule has 9 rings (SSSR count). The molecular weight excluding hydrogens is 639 g/mol. The summed E-state index contributed by atoms with van der Waals surface area (Å²) in [7, 11) is -2.99. The Bertz CT molecular complexity index is 2400. The Morgan fingerprint density at radius 2 is 1.06 bits per heavy atom. The summed E-state index contributed by atoms with van der Waals surface area (Å²) >= 11 is 0. The summed E-state index contributed by atoms with van der Waals surface area (Å²) in [5, 5.41) is 5.17. The van der Waals surface area contributed by atoms with E-state index in [9.17, 15) is 0 Å². The SMILES string of the molecule is c1ccc(N2c3ccccc3[Si](c3ccccc3)(c3ccccc3)c3cc(Oc4cccc(-c5ccccn5)c4)cc(-c4ccccn4)c32)cc1. The van der Waals surface area contributed by atoms with Crippen molar-refractivity contribution in [2.75, 3.05) is 4.90 Å². The van der Waals surface area contributed by atoms with Gasteiger partial charge in [-0.3, -0.25) is 9.97 Å². The highest BCUT2D eigenvalue weighted by molar-refractivity contribution is 7.21. The molecular formula is C46H33N3OSi. The first-order valence-corrected chi connectivity index (χ1v) is 19.2. The van der Waals surface area contributed by atoms with Crippen LogP contribution in [0.3, 0.4) is 0 Å². The number of nitrogens with zero attached hydrogens (tertiary/aromatic N) is 3.